The van der Waals surface area contributed by atoms with Crippen molar-refractivity contribution in [3.8, 4) is 0 Å². The second kappa shape index (κ2) is 7.10. The molecule has 5 heteroatoms. The molecule has 0 amide bonds. The standard InChI is InChI=1S/C14H24N4S/c1-11(2)8-15-9-13-4-5-14(17-16-13)18-6-7-19-12(3)10-18/h4-5,11-12,15H,6-10H2,1-3H3. The molecule has 19 heavy (non-hydrogen) atoms. The zero-order valence-electron chi connectivity index (χ0n) is 12.1. The number of anilines is 1. The molecule has 106 valence electrons. The second-order valence-electron chi connectivity index (χ2n) is 5.54. The molecule has 1 aliphatic heterocycles. The van der Waals surface area contributed by atoms with Crippen LogP contribution in [0.1, 0.15) is 26.5 Å². The van der Waals surface area contributed by atoms with Gasteiger partial charge in [-0.05, 0) is 24.6 Å². The monoisotopic (exact) mass is 280 g/mol. The van der Waals surface area contributed by atoms with Crippen molar-refractivity contribution in [2.24, 2.45) is 5.92 Å². The van der Waals surface area contributed by atoms with Crippen LogP contribution in [0.3, 0.4) is 0 Å². The lowest BCUT2D eigenvalue weighted by Crippen LogP contribution is -2.37. The highest BCUT2D eigenvalue weighted by molar-refractivity contribution is 8.00. The van der Waals surface area contributed by atoms with Crippen LogP contribution in [0.25, 0.3) is 0 Å². The highest BCUT2D eigenvalue weighted by atomic mass is 32.2. The Morgan fingerprint density at radius 2 is 2.26 bits per heavy atom. The minimum atomic E-state index is 0.666. The Hall–Kier alpha value is -0.810. The number of nitrogens with zero attached hydrogens (tertiary/aromatic N) is 3. The minimum Gasteiger partial charge on any atom is -0.353 e. The van der Waals surface area contributed by atoms with Crippen molar-refractivity contribution in [3.05, 3.63) is 17.8 Å². The molecule has 0 bridgehead atoms. The molecule has 1 atom stereocenters. The minimum absolute atomic E-state index is 0.666. The zero-order chi connectivity index (χ0) is 13.7. The predicted octanol–water partition coefficient (Wildman–Crippen LogP) is 2.16. The Morgan fingerprint density at radius 1 is 1.42 bits per heavy atom. The van der Waals surface area contributed by atoms with Crippen LogP contribution >= 0.6 is 11.8 Å². The van der Waals surface area contributed by atoms with E-state index in [1.165, 1.54) is 5.75 Å². The zero-order valence-corrected chi connectivity index (χ0v) is 12.9. The van der Waals surface area contributed by atoms with Gasteiger partial charge in [0.1, 0.15) is 0 Å². The Labute approximate surface area is 120 Å². The first-order valence-electron chi connectivity index (χ1n) is 7.05. The van der Waals surface area contributed by atoms with Crippen molar-refractivity contribution >= 4 is 17.6 Å². The average molecular weight is 280 g/mol. The fourth-order valence-corrected chi connectivity index (χ4v) is 3.14. The second-order valence-corrected chi connectivity index (χ2v) is 7.08. The molecule has 1 saturated heterocycles. The van der Waals surface area contributed by atoms with Crippen molar-refractivity contribution < 1.29 is 0 Å². The molecule has 2 rings (SSSR count). The molecule has 1 unspecified atom stereocenters. The summed E-state index contributed by atoms with van der Waals surface area (Å²) in [5.74, 6) is 2.86. The molecule has 2 heterocycles. The first kappa shape index (κ1) is 14.6. The van der Waals surface area contributed by atoms with Crippen molar-refractivity contribution in [2.45, 2.75) is 32.6 Å². The number of thioether (sulfide) groups is 1. The molecule has 4 nitrogen and oxygen atoms in total. The van der Waals surface area contributed by atoms with Crippen LogP contribution in [-0.2, 0) is 6.54 Å². The van der Waals surface area contributed by atoms with Crippen LogP contribution in [0, 0.1) is 5.92 Å². The van der Waals surface area contributed by atoms with Crippen LogP contribution in [0.15, 0.2) is 12.1 Å². The maximum atomic E-state index is 4.36. The molecule has 0 aliphatic carbocycles. The largest absolute Gasteiger partial charge is 0.353 e. The van der Waals surface area contributed by atoms with Crippen LogP contribution in [-0.4, -0.2) is 40.8 Å². The number of hydrogen-bond donors (Lipinski definition) is 1. The molecule has 0 spiro atoms. The summed E-state index contributed by atoms with van der Waals surface area (Å²) in [4.78, 5) is 2.33. The smallest absolute Gasteiger partial charge is 0.151 e. The molecule has 1 aromatic heterocycles. The van der Waals surface area contributed by atoms with Crippen molar-refractivity contribution in [1.82, 2.24) is 15.5 Å². The van der Waals surface area contributed by atoms with E-state index in [1.807, 2.05) is 11.8 Å². The van der Waals surface area contributed by atoms with Gasteiger partial charge < -0.3 is 10.2 Å². The topological polar surface area (TPSA) is 41.0 Å². The fourth-order valence-electron chi connectivity index (χ4n) is 2.13. The third kappa shape index (κ3) is 4.66. The quantitative estimate of drug-likeness (QED) is 0.895. The van der Waals surface area contributed by atoms with Crippen LogP contribution in [0.4, 0.5) is 5.82 Å². The summed E-state index contributed by atoms with van der Waals surface area (Å²) in [6.45, 7) is 10.7. The summed E-state index contributed by atoms with van der Waals surface area (Å²) in [6.07, 6.45) is 0. The third-order valence-corrected chi connectivity index (χ3v) is 4.27. The van der Waals surface area contributed by atoms with E-state index in [-0.39, 0.29) is 0 Å². The van der Waals surface area contributed by atoms with E-state index in [0.717, 1.165) is 37.7 Å². The SMILES string of the molecule is CC(C)CNCc1ccc(N2CCSC(C)C2)nn1. The number of rotatable bonds is 5. The van der Waals surface area contributed by atoms with E-state index in [4.69, 9.17) is 0 Å². The van der Waals surface area contributed by atoms with Gasteiger partial charge in [0.2, 0.25) is 0 Å². The van der Waals surface area contributed by atoms with E-state index < -0.39 is 0 Å². The van der Waals surface area contributed by atoms with E-state index in [9.17, 15) is 0 Å². The van der Waals surface area contributed by atoms with Gasteiger partial charge in [-0.3, -0.25) is 0 Å². The predicted molar refractivity (Wildman–Crippen MR) is 82.7 cm³/mol. The average Bonchev–Trinajstić information content (AvgIpc) is 2.39. The lowest BCUT2D eigenvalue weighted by Gasteiger charge is -2.31. The normalized spacial score (nSPS) is 20.0. The van der Waals surface area contributed by atoms with Crippen molar-refractivity contribution in [2.75, 3.05) is 30.3 Å². The summed E-state index contributed by atoms with van der Waals surface area (Å²) in [7, 11) is 0. The molecule has 1 aromatic rings. The van der Waals surface area contributed by atoms with Gasteiger partial charge in [0, 0.05) is 30.6 Å². The Kier molecular flexibility index (Phi) is 5.45. The Morgan fingerprint density at radius 3 is 2.89 bits per heavy atom. The molecular formula is C14H24N4S. The van der Waals surface area contributed by atoms with E-state index in [0.29, 0.717) is 11.2 Å². The molecule has 1 fully saturated rings. The van der Waals surface area contributed by atoms with Crippen molar-refractivity contribution in [3.63, 3.8) is 0 Å². The molecule has 0 saturated carbocycles. The van der Waals surface area contributed by atoms with E-state index >= 15 is 0 Å². The lowest BCUT2D eigenvalue weighted by molar-refractivity contribution is 0.546. The van der Waals surface area contributed by atoms with Crippen LogP contribution in [0.5, 0.6) is 0 Å². The van der Waals surface area contributed by atoms with Gasteiger partial charge in [-0.25, -0.2) is 0 Å². The first-order valence-corrected chi connectivity index (χ1v) is 8.10. The highest BCUT2D eigenvalue weighted by Gasteiger charge is 2.18. The van der Waals surface area contributed by atoms with Gasteiger partial charge in [-0.2, -0.15) is 16.9 Å². The summed E-state index contributed by atoms with van der Waals surface area (Å²) in [5, 5.41) is 12.7. The van der Waals surface area contributed by atoms with Crippen LogP contribution < -0.4 is 10.2 Å². The van der Waals surface area contributed by atoms with Crippen LogP contribution in [0.2, 0.25) is 0 Å². The number of nitrogens with one attached hydrogen (secondary N) is 1. The first-order chi connectivity index (χ1) is 9.15. The van der Waals surface area contributed by atoms with E-state index in [1.54, 1.807) is 0 Å². The van der Waals surface area contributed by atoms with Gasteiger partial charge in [-0.15, -0.1) is 5.10 Å². The lowest BCUT2D eigenvalue weighted by atomic mass is 10.2. The molecular weight excluding hydrogens is 256 g/mol. The maximum Gasteiger partial charge on any atom is 0.151 e. The Balaban J connectivity index is 1.87. The summed E-state index contributed by atoms with van der Waals surface area (Å²) < 4.78 is 0. The Bertz CT molecular complexity index is 380. The summed E-state index contributed by atoms with van der Waals surface area (Å²) >= 11 is 2.03. The highest BCUT2D eigenvalue weighted by Crippen LogP contribution is 2.21. The number of hydrogen-bond acceptors (Lipinski definition) is 5. The van der Waals surface area contributed by atoms with Gasteiger partial charge in [0.15, 0.2) is 5.82 Å². The van der Waals surface area contributed by atoms with Gasteiger partial charge in [-0.1, -0.05) is 20.8 Å². The van der Waals surface area contributed by atoms with Gasteiger partial charge in [0.05, 0.1) is 5.69 Å². The number of aromatic nitrogens is 2. The third-order valence-electron chi connectivity index (χ3n) is 3.13. The maximum absolute atomic E-state index is 4.36. The summed E-state index contributed by atoms with van der Waals surface area (Å²) in [5.41, 5.74) is 1.02. The molecule has 1 aliphatic rings. The van der Waals surface area contributed by atoms with E-state index in [2.05, 4.69) is 53.3 Å². The van der Waals surface area contributed by atoms with Gasteiger partial charge >= 0.3 is 0 Å². The van der Waals surface area contributed by atoms with Gasteiger partial charge in [0.25, 0.3) is 0 Å². The molecule has 0 radical (unpaired) electrons. The van der Waals surface area contributed by atoms with Crippen molar-refractivity contribution in [1.29, 1.82) is 0 Å². The molecule has 0 aromatic carbocycles. The fraction of sp³-hybridized carbons (Fsp3) is 0.714. The molecule has 1 N–H and O–H groups in total. The summed E-state index contributed by atoms with van der Waals surface area (Å²) in [6, 6.07) is 4.18.